The molecular formula is C42H56N3O3S+. The second kappa shape index (κ2) is 18.8. The smallest absolute Gasteiger partial charge is 0.254 e. The molecule has 0 spiro atoms. The standard InChI is InChI=1S/C29H32N2O3S.C13H24N/c1-5-9-21(20(3)32)16-25(29(33)31(4)22-10-8-11-22)24-17-23(15-14-19(24)2)34-18-28-30-26-12-6-7-13-27(26)35-28;1-4-7-13(14-10-6-11-14)9-8-12(3)5-2/h6-7,9,12-17,22H,5,8,10-11,18H2,1-4H3;6,10-13H,4-5,7-9H2,1-3H3/q;+1/b21-9-,25-16+;. The molecule has 2 aromatic carbocycles. The van der Waals surface area contributed by atoms with Crippen molar-refractivity contribution in [2.75, 3.05) is 7.05 Å². The van der Waals surface area contributed by atoms with Crippen molar-refractivity contribution in [2.24, 2.45) is 5.92 Å². The van der Waals surface area contributed by atoms with Crippen LogP contribution in [0.3, 0.4) is 0 Å². The van der Waals surface area contributed by atoms with Gasteiger partial charge in [0.05, 0.1) is 16.3 Å². The first kappa shape index (κ1) is 38.0. The molecule has 2 atom stereocenters. The van der Waals surface area contributed by atoms with Gasteiger partial charge in [0.15, 0.2) is 24.2 Å². The van der Waals surface area contributed by atoms with E-state index in [1.54, 1.807) is 24.3 Å². The van der Waals surface area contributed by atoms with Gasteiger partial charge in [-0.05, 0) is 99.8 Å². The van der Waals surface area contributed by atoms with Gasteiger partial charge in [0, 0.05) is 37.1 Å². The molecule has 2 aliphatic rings. The Morgan fingerprint density at radius 2 is 1.86 bits per heavy atom. The van der Waals surface area contributed by atoms with Crippen LogP contribution in [-0.2, 0) is 16.2 Å². The van der Waals surface area contributed by atoms with E-state index in [0.29, 0.717) is 23.5 Å². The summed E-state index contributed by atoms with van der Waals surface area (Å²) in [5.74, 6) is 1.44. The average molecular weight is 683 g/mol. The van der Waals surface area contributed by atoms with Gasteiger partial charge in [0.25, 0.3) is 5.91 Å². The molecule has 0 saturated heterocycles. The fourth-order valence-corrected chi connectivity index (χ4v) is 6.94. The number of likely N-dealkylation sites (N-methyl/N-ethyl adjacent to an activating group) is 1. The number of amides is 1. The number of hydrogen-bond donors (Lipinski definition) is 0. The zero-order chi connectivity index (χ0) is 35.3. The Hall–Kier alpha value is -3.84. The molecule has 2 heterocycles. The number of aromatic nitrogens is 1. The Balaban J connectivity index is 0.000000324. The third-order valence-corrected chi connectivity index (χ3v) is 10.8. The van der Waals surface area contributed by atoms with Crippen molar-refractivity contribution in [1.29, 1.82) is 0 Å². The first-order valence-corrected chi connectivity index (χ1v) is 19.0. The Bertz CT molecular complexity index is 1660. The van der Waals surface area contributed by atoms with Crippen LogP contribution in [0.15, 0.2) is 72.5 Å². The number of ketones is 1. The third kappa shape index (κ3) is 10.6. The van der Waals surface area contributed by atoms with E-state index in [2.05, 4.69) is 54.9 Å². The summed E-state index contributed by atoms with van der Waals surface area (Å²) < 4.78 is 9.61. The minimum atomic E-state index is -0.0654. The lowest BCUT2D eigenvalue weighted by molar-refractivity contribution is -0.507. The number of ether oxygens (including phenoxy) is 1. The second-order valence-electron chi connectivity index (χ2n) is 13.5. The molecular weight excluding hydrogens is 627 g/mol. The molecule has 2 unspecified atom stereocenters. The van der Waals surface area contributed by atoms with Gasteiger partial charge in [0.1, 0.15) is 17.4 Å². The summed E-state index contributed by atoms with van der Waals surface area (Å²) in [6.07, 6.45) is 20.7. The van der Waals surface area contributed by atoms with Crippen molar-refractivity contribution in [3.05, 3.63) is 88.6 Å². The predicted octanol–water partition coefficient (Wildman–Crippen LogP) is 10.1. The average Bonchev–Trinajstić information content (AvgIpc) is 3.46. The van der Waals surface area contributed by atoms with E-state index in [1.165, 1.54) is 32.1 Å². The third-order valence-electron chi connectivity index (χ3n) is 9.75. The monoisotopic (exact) mass is 682 g/mol. The lowest BCUT2D eigenvalue weighted by Crippen LogP contribution is -2.41. The summed E-state index contributed by atoms with van der Waals surface area (Å²) >= 11 is 1.61. The highest BCUT2D eigenvalue weighted by molar-refractivity contribution is 7.18. The minimum Gasteiger partial charge on any atom is -0.486 e. The summed E-state index contributed by atoms with van der Waals surface area (Å²) in [7, 11) is 1.86. The Labute approximate surface area is 298 Å². The molecule has 6 nitrogen and oxygen atoms in total. The van der Waals surface area contributed by atoms with Gasteiger partial charge < -0.3 is 9.64 Å². The van der Waals surface area contributed by atoms with Gasteiger partial charge in [-0.25, -0.2) is 9.56 Å². The molecule has 1 aliphatic heterocycles. The number of Topliss-reactive ketones (excluding diaryl/α,β-unsaturated/α-hetero) is 1. The maximum Gasteiger partial charge on any atom is 0.254 e. The van der Waals surface area contributed by atoms with Crippen LogP contribution in [0, 0.1) is 12.8 Å². The fraction of sp³-hybridized carbons (Fsp3) is 0.476. The van der Waals surface area contributed by atoms with E-state index in [-0.39, 0.29) is 17.7 Å². The molecule has 5 rings (SSSR count). The van der Waals surface area contributed by atoms with Gasteiger partial charge in [-0.1, -0.05) is 58.4 Å². The summed E-state index contributed by atoms with van der Waals surface area (Å²) in [5, 5.41) is 0.898. The number of benzene rings is 2. The Morgan fingerprint density at radius 1 is 1.10 bits per heavy atom. The van der Waals surface area contributed by atoms with Gasteiger partial charge in [-0.3, -0.25) is 9.59 Å². The van der Waals surface area contributed by atoms with Crippen LogP contribution in [0.2, 0.25) is 0 Å². The number of fused-ring (bicyclic) bond motifs is 1. The normalized spacial score (nSPS) is 15.8. The quantitative estimate of drug-likeness (QED) is 0.0857. The molecule has 1 fully saturated rings. The van der Waals surface area contributed by atoms with Crippen molar-refractivity contribution in [1.82, 2.24) is 9.88 Å². The van der Waals surface area contributed by atoms with Crippen molar-refractivity contribution >= 4 is 45.0 Å². The molecule has 0 radical (unpaired) electrons. The fourth-order valence-electron chi connectivity index (χ4n) is 6.06. The lowest BCUT2D eigenvalue weighted by atomic mass is 9.90. The number of carbonyl (C=O) groups is 2. The van der Waals surface area contributed by atoms with Gasteiger partial charge >= 0.3 is 0 Å². The molecule has 1 amide bonds. The van der Waals surface area contributed by atoms with E-state index in [1.807, 2.05) is 68.3 Å². The molecule has 1 aliphatic carbocycles. The molecule has 7 heteroatoms. The zero-order valence-corrected chi connectivity index (χ0v) is 31.5. The van der Waals surface area contributed by atoms with Crippen LogP contribution in [-0.4, -0.2) is 51.5 Å². The van der Waals surface area contributed by atoms with Gasteiger partial charge in [-0.15, -0.1) is 11.3 Å². The minimum absolute atomic E-state index is 0.0515. The summed E-state index contributed by atoms with van der Waals surface area (Å²) in [4.78, 5) is 32.4. The van der Waals surface area contributed by atoms with E-state index in [4.69, 9.17) is 4.74 Å². The number of carbonyl (C=O) groups excluding carboxylic acids is 2. The maximum atomic E-state index is 13.7. The van der Waals surface area contributed by atoms with Crippen molar-refractivity contribution < 1.29 is 18.9 Å². The van der Waals surface area contributed by atoms with Gasteiger partial charge in [-0.2, -0.15) is 0 Å². The zero-order valence-electron chi connectivity index (χ0n) is 30.7. The van der Waals surface area contributed by atoms with E-state index in [9.17, 15) is 9.59 Å². The predicted molar refractivity (Wildman–Crippen MR) is 205 cm³/mol. The van der Waals surface area contributed by atoms with Crippen LogP contribution in [0.4, 0.5) is 0 Å². The molecule has 262 valence electrons. The summed E-state index contributed by atoms with van der Waals surface area (Å²) in [5.41, 5.74) is 3.79. The first-order chi connectivity index (χ1) is 23.6. The highest BCUT2D eigenvalue weighted by Crippen LogP contribution is 2.32. The van der Waals surface area contributed by atoms with Crippen molar-refractivity contribution in [2.45, 2.75) is 118 Å². The summed E-state index contributed by atoms with van der Waals surface area (Å²) in [6.45, 7) is 12.8. The lowest BCUT2D eigenvalue weighted by Gasteiger charge is -2.35. The number of aryl methyl sites for hydroxylation is 1. The molecule has 49 heavy (non-hydrogen) atoms. The summed E-state index contributed by atoms with van der Waals surface area (Å²) in [6, 6.07) is 14.8. The molecule has 0 N–H and O–H groups in total. The Morgan fingerprint density at radius 3 is 2.45 bits per heavy atom. The molecule has 3 aromatic rings. The number of thiazole rings is 1. The molecule has 1 saturated carbocycles. The van der Waals surface area contributed by atoms with Crippen molar-refractivity contribution in [3.8, 4) is 5.75 Å². The van der Waals surface area contributed by atoms with E-state index in [0.717, 1.165) is 64.0 Å². The molecule has 0 bridgehead atoms. The van der Waals surface area contributed by atoms with Gasteiger partial charge in [0.2, 0.25) is 0 Å². The number of para-hydroxylation sites is 1. The highest BCUT2D eigenvalue weighted by atomic mass is 32.1. The Kier molecular flexibility index (Phi) is 14.6. The topological polar surface area (TPSA) is 62.5 Å². The van der Waals surface area contributed by atoms with E-state index < -0.39 is 0 Å². The van der Waals surface area contributed by atoms with E-state index >= 15 is 0 Å². The van der Waals surface area contributed by atoms with Crippen molar-refractivity contribution in [3.63, 3.8) is 0 Å². The van der Waals surface area contributed by atoms with Crippen LogP contribution in [0.5, 0.6) is 5.75 Å². The largest absolute Gasteiger partial charge is 0.486 e. The van der Waals surface area contributed by atoms with Crippen LogP contribution in [0.1, 0.15) is 109 Å². The second-order valence-corrected chi connectivity index (χ2v) is 14.6. The number of rotatable bonds is 16. The number of hydrogen-bond acceptors (Lipinski definition) is 5. The van der Waals surface area contributed by atoms with Crippen LogP contribution in [0.25, 0.3) is 15.8 Å². The highest BCUT2D eigenvalue weighted by Gasteiger charge is 2.29. The molecule has 1 aromatic heterocycles. The van der Waals surface area contributed by atoms with Crippen LogP contribution >= 0.6 is 11.3 Å². The first-order valence-electron chi connectivity index (χ1n) is 18.2. The maximum absolute atomic E-state index is 13.7. The number of allylic oxidation sites excluding steroid dienone is 4. The SMILES string of the molecule is CC/C=C(/C=C(/C(=O)N(C)C1CCC1)c1cc(OCc2nc3ccccc3s2)ccc1C)C(C)=O.CCCC(CCC(C)CC)[N+]1=CC=C1. The van der Waals surface area contributed by atoms with Crippen LogP contribution < -0.4 is 4.74 Å². The number of nitrogens with zero attached hydrogens (tertiary/aromatic N) is 3.